The summed E-state index contributed by atoms with van der Waals surface area (Å²) in [5, 5.41) is 0. The number of benzene rings is 1. The van der Waals surface area contributed by atoms with Gasteiger partial charge in [0.25, 0.3) is 0 Å². The first-order valence-corrected chi connectivity index (χ1v) is 6.25. The van der Waals surface area contributed by atoms with Gasteiger partial charge in [-0.25, -0.2) is 0 Å². The molecule has 1 aliphatic rings. The van der Waals surface area contributed by atoms with Crippen LogP contribution in [-0.4, -0.2) is 30.9 Å². The van der Waals surface area contributed by atoms with Gasteiger partial charge in [0.2, 0.25) is 0 Å². The highest BCUT2D eigenvalue weighted by Crippen LogP contribution is 2.27. The summed E-state index contributed by atoms with van der Waals surface area (Å²) in [5.74, 6) is -0.178. The summed E-state index contributed by atoms with van der Waals surface area (Å²) in [6.45, 7) is 5.01. The van der Waals surface area contributed by atoms with E-state index in [1.54, 1.807) is 12.1 Å². The second-order valence-electron chi connectivity index (χ2n) is 4.44. The Bertz CT molecular complexity index is 451. The quantitative estimate of drug-likeness (QED) is 0.831. The van der Waals surface area contributed by atoms with E-state index in [0.717, 1.165) is 31.6 Å². The summed E-state index contributed by atoms with van der Waals surface area (Å²) >= 11 is 0. The molecule has 0 aliphatic carbocycles. The number of alkyl halides is 3. The Labute approximate surface area is 110 Å². The second-order valence-corrected chi connectivity index (χ2v) is 4.44. The molecule has 2 rings (SSSR count). The third-order valence-electron chi connectivity index (χ3n) is 3.20. The van der Waals surface area contributed by atoms with Gasteiger partial charge in [-0.2, -0.15) is 0 Å². The maximum atomic E-state index is 12.0. The van der Waals surface area contributed by atoms with Crippen molar-refractivity contribution < 1.29 is 17.9 Å². The van der Waals surface area contributed by atoms with Crippen molar-refractivity contribution in [3.05, 3.63) is 35.9 Å². The van der Waals surface area contributed by atoms with Crippen LogP contribution in [0.4, 0.5) is 13.2 Å². The first-order chi connectivity index (χ1) is 8.98. The molecule has 1 aliphatic heterocycles. The van der Waals surface area contributed by atoms with Gasteiger partial charge in [-0.1, -0.05) is 25.1 Å². The van der Waals surface area contributed by atoms with Crippen molar-refractivity contribution in [1.82, 2.24) is 4.90 Å². The molecule has 0 amide bonds. The average molecular weight is 271 g/mol. The van der Waals surface area contributed by atoms with Crippen LogP contribution >= 0.6 is 0 Å². The maximum absolute atomic E-state index is 12.0. The highest BCUT2D eigenvalue weighted by molar-refractivity contribution is 5.67. The number of halogens is 3. The molecule has 1 aromatic carbocycles. The number of rotatable bonds is 3. The molecule has 0 N–H and O–H groups in total. The Balaban J connectivity index is 2.05. The van der Waals surface area contributed by atoms with Gasteiger partial charge >= 0.3 is 6.36 Å². The van der Waals surface area contributed by atoms with Gasteiger partial charge in [0, 0.05) is 13.1 Å². The Hall–Kier alpha value is -1.49. The lowest BCUT2D eigenvalue weighted by Crippen LogP contribution is -2.27. The molecular formula is C14H16F3NO. The highest BCUT2D eigenvalue weighted by Gasteiger charge is 2.31. The molecule has 0 aromatic heterocycles. The fourth-order valence-corrected chi connectivity index (χ4v) is 2.13. The molecular weight excluding hydrogens is 255 g/mol. The largest absolute Gasteiger partial charge is 0.573 e. The predicted octanol–water partition coefficient (Wildman–Crippen LogP) is 3.69. The summed E-state index contributed by atoms with van der Waals surface area (Å²) in [5.41, 5.74) is 2.15. The Kier molecular flexibility index (Phi) is 4.14. The van der Waals surface area contributed by atoms with Crippen molar-refractivity contribution >= 4 is 5.57 Å². The molecule has 0 spiro atoms. The zero-order valence-corrected chi connectivity index (χ0v) is 10.7. The number of hydrogen-bond acceptors (Lipinski definition) is 2. The Morgan fingerprint density at radius 3 is 2.37 bits per heavy atom. The van der Waals surface area contributed by atoms with Crippen LogP contribution in [0.1, 0.15) is 18.9 Å². The Morgan fingerprint density at radius 2 is 1.89 bits per heavy atom. The van der Waals surface area contributed by atoms with Crippen molar-refractivity contribution in [1.29, 1.82) is 0 Å². The lowest BCUT2D eigenvalue weighted by atomic mass is 9.99. The number of likely N-dealkylation sites (N-methyl/N-ethyl adjacent to an activating group) is 1. The molecule has 0 unspecified atom stereocenters. The maximum Gasteiger partial charge on any atom is 0.573 e. The van der Waals surface area contributed by atoms with E-state index in [1.165, 1.54) is 17.7 Å². The van der Waals surface area contributed by atoms with E-state index in [0.29, 0.717) is 0 Å². The summed E-state index contributed by atoms with van der Waals surface area (Å²) in [6.07, 6.45) is -1.58. The molecule has 1 heterocycles. The predicted molar refractivity (Wildman–Crippen MR) is 67.8 cm³/mol. The topological polar surface area (TPSA) is 12.5 Å². The average Bonchev–Trinajstić information content (AvgIpc) is 2.38. The van der Waals surface area contributed by atoms with Crippen LogP contribution in [0.15, 0.2) is 30.3 Å². The third kappa shape index (κ3) is 3.99. The fourth-order valence-electron chi connectivity index (χ4n) is 2.13. The lowest BCUT2D eigenvalue weighted by Gasteiger charge is -2.25. The fraction of sp³-hybridized carbons (Fsp3) is 0.429. The molecule has 0 fully saturated rings. The molecule has 0 bridgehead atoms. The normalized spacial score (nSPS) is 17.2. The van der Waals surface area contributed by atoms with Crippen LogP contribution in [0.25, 0.3) is 5.57 Å². The minimum atomic E-state index is -4.63. The van der Waals surface area contributed by atoms with Crippen molar-refractivity contribution in [2.45, 2.75) is 19.7 Å². The van der Waals surface area contributed by atoms with Crippen LogP contribution in [-0.2, 0) is 0 Å². The third-order valence-corrected chi connectivity index (χ3v) is 3.20. The molecule has 104 valence electrons. The monoisotopic (exact) mass is 271 g/mol. The zero-order chi connectivity index (χ0) is 13.9. The van der Waals surface area contributed by atoms with Crippen molar-refractivity contribution in [2.75, 3.05) is 19.6 Å². The molecule has 19 heavy (non-hydrogen) atoms. The molecule has 0 saturated carbocycles. The molecule has 0 radical (unpaired) electrons. The molecule has 5 heteroatoms. The van der Waals surface area contributed by atoms with Crippen LogP contribution in [0.2, 0.25) is 0 Å². The van der Waals surface area contributed by atoms with Gasteiger partial charge in [0.15, 0.2) is 0 Å². The van der Waals surface area contributed by atoms with Gasteiger partial charge in [-0.05, 0) is 36.2 Å². The summed E-state index contributed by atoms with van der Waals surface area (Å²) in [7, 11) is 0. The van der Waals surface area contributed by atoms with Crippen LogP contribution < -0.4 is 4.74 Å². The number of hydrogen-bond donors (Lipinski definition) is 0. The van der Waals surface area contributed by atoms with Gasteiger partial charge < -0.3 is 4.74 Å². The lowest BCUT2D eigenvalue weighted by molar-refractivity contribution is -0.274. The SMILES string of the molecule is CCN1CC=C(c2ccc(OC(F)(F)F)cc2)CC1. The van der Waals surface area contributed by atoms with E-state index in [9.17, 15) is 13.2 Å². The van der Waals surface area contributed by atoms with E-state index in [-0.39, 0.29) is 5.75 Å². The Morgan fingerprint density at radius 1 is 1.21 bits per heavy atom. The van der Waals surface area contributed by atoms with Gasteiger partial charge in [0.05, 0.1) is 0 Å². The van der Waals surface area contributed by atoms with Crippen molar-refractivity contribution in [3.8, 4) is 5.75 Å². The van der Waals surface area contributed by atoms with E-state index in [1.807, 2.05) is 0 Å². The summed E-state index contributed by atoms with van der Waals surface area (Å²) < 4.78 is 40.0. The molecule has 2 nitrogen and oxygen atoms in total. The van der Waals surface area contributed by atoms with Gasteiger partial charge in [-0.3, -0.25) is 4.90 Å². The summed E-state index contributed by atoms with van der Waals surface area (Å²) in [6, 6.07) is 6.06. The minimum absolute atomic E-state index is 0.178. The second kappa shape index (κ2) is 5.65. The van der Waals surface area contributed by atoms with Crippen LogP contribution in [0.5, 0.6) is 5.75 Å². The number of ether oxygens (including phenoxy) is 1. The first-order valence-electron chi connectivity index (χ1n) is 6.25. The highest BCUT2D eigenvalue weighted by atomic mass is 19.4. The molecule has 0 atom stereocenters. The van der Waals surface area contributed by atoms with Gasteiger partial charge in [-0.15, -0.1) is 13.2 Å². The summed E-state index contributed by atoms with van der Waals surface area (Å²) in [4.78, 5) is 2.31. The molecule has 0 saturated heterocycles. The van der Waals surface area contributed by atoms with E-state index in [4.69, 9.17) is 0 Å². The van der Waals surface area contributed by atoms with Gasteiger partial charge in [0.1, 0.15) is 5.75 Å². The minimum Gasteiger partial charge on any atom is -0.406 e. The van der Waals surface area contributed by atoms with E-state index in [2.05, 4.69) is 22.6 Å². The molecule has 1 aromatic rings. The zero-order valence-electron chi connectivity index (χ0n) is 10.7. The van der Waals surface area contributed by atoms with Crippen molar-refractivity contribution in [2.24, 2.45) is 0 Å². The smallest absolute Gasteiger partial charge is 0.406 e. The van der Waals surface area contributed by atoms with E-state index >= 15 is 0 Å². The van der Waals surface area contributed by atoms with Crippen molar-refractivity contribution in [3.63, 3.8) is 0 Å². The first kappa shape index (κ1) is 13.9. The van der Waals surface area contributed by atoms with Crippen LogP contribution in [0.3, 0.4) is 0 Å². The number of nitrogens with zero attached hydrogens (tertiary/aromatic N) is 1. The standard InChI is InChI=1S/C14H16F3NO/c1-2-18-9-7-12(8-10-18)11-3-5-13(6-4-11)19-14(15,16)17/h3-7H,2,8-10H2,1H3. The van der Waals surface area contributed by atoms with Crippen LogP contribution in [0, 0.1) is 0 Å². The van der Waals surface area contributed by atoms with E-state index < -0.39 is 6.36 Å².